The number of hydrogen-bond donors (Lipinski definition) is 1. The number of rotatable bonds is 3. The third-order valence-corrected chi connectivity index (χ3v) is 3.66. The Morgan fingerprint density at radius 3 is 2.50 bits per heavy atom. The van der Waals surface area contributed by atoms with Crippen LogP contribution in [0.15, 0.2) is 12.4 Å². The lowest BCUT2D eigenvalue weighted by Crippen LogP contribution is -2.36. The molecule has 0 radical (unpaired) electrons. The fourth-order valence-corrected chi connectivity index (χ4v) is 2.49. The van der Waals surface area contributed by atoms with E-state index in [9.17, 15) is 4.79 Å². The molecule has 2 rings (SSSR count). The molecule has 1 aromatic rings. The van der Waals surface area contributed by atoms with Crippen molar-refractivity contribution in [1.29, 1.82) is 0 Å². The Morgan fingerprint density at radius 2 is 1.94 bits per heavy atom. The molecule has 5 nitrogen and oxygen atoms in total. The molecule has 0 amide bonds. The summed E-state index contributed by atoms with van der Waals surface area (Å²) in [6.45, 7) is 6.21. The quantitative estimate of drug-likeness (QED) is 0.888. The van der Waals surface area contributed by atoms with Gasteiger partial charge in [0.25, 0.3) is 0 Å². The SMILES string of the molecule is CC(C)C1CCN(c2nccnc2C(=O)O)CC1. The molecule has 0 bridgehead atoms. The Balaban J connectivity index is 2.12. The van der Waals surface area contributed by atoms with E-state index in [1.54, 1.807) is 6.20 Å². The van der Waals surface area contributed by atoms with Crippen molar-refractivity contribution in [3.8, 4) is 0 Å². The maximum Gasteiger partial charge on any atom is 0.358 e. The van der Waals surface area contributed by atoms with Crippen molar-refractivity contribution in [3.05, 3.63) is 18.1 Å². The molecular formula is C13H19N3O2. The number of carboxylic acids is 1. The summed E-state index contributed by atoms with van der Waals surface area (Å²) in [6, 6.07) is 0. The van der Waals surface area contributed by atoms with Gasteiger partial charge in [-0.2, -0.15) is 0 Å². The Hall–Kier alpha value is -1.65. The molecule has 1 aliphatic rings. The van der Waals surface area contributed by atoms with Crippen LogP contribution in [-0.4, -0.2) is 34.1 Å². The fourth-order valence-electron chi connectivity index (χ4n) is 2.49. The molecule has 0 aromatic carbocycles. The van der Waals surface area contributed by atoms with Gasteiger partial charge < -0.3 is 10.0 Å². The number of aromatic nitrogens is 2. The number of hydrogen-bond acceptors (Lipinski definition) is 4. The van der Waals surface area contributed by atoms with Crippen LogP contribution in [0, 0.1) is 11.8 Å². The average molecular weight is 249 g/mol. The second kappa shape index (κ2) is 5.33. The molecule has 1 saturated heterocycles. The lowest BCUT2D eigenvalue weighted by Gasteiger charge is -2.34. The largest absolute Gasteiger partial charge is 0.476 e. The van der Waals surface area contributed by atoms with Crippen LogP contribution in [0.2, 0.25) is 0 Å². The van der Waals surface area contributed by atoms with E-state index in [-0.39, 0.29) is 5.69 Å². The zero-order valence-corrected chi connectivity index (χ0v) is 10.8. The topological polar surface area (TPSA) is 66.3 Å². The summed E-state index contributed by atoms with van der Waals surface area (Å²) in [7, 11) is 0. The van der Waals surface area contributed by atoms with Crippen LogP contribution >= 0.6 is 0 Å². The lowest BCUT2D eigenvalue weighted by molar-refractivity contribution is 0.0690. The Kier molecular flexibility index (Phi) is 3.79. The van der Waals surface area contributed by atoms with Gasteiger partial charge in [-0.15, -0.1) is 0 Å². The minimum Gasteiger partial charge on any atom is -0.476 e. The van der Waals surface area contributed by atoms with Gasteiger partial charge >= 0.3 is 5.97 Å². The zero-order chi connectivity index (χ0) is 13.1. The molecule has 1 N–H and O–H groups in total. The van der Waals surface area contributed by atoms with Crippen molar-refractivity contribution in [1.82, 2.24) is 9.97 Å². The highest BCUT2D eigenvalue weighted by molar-refractivity contribution is 5.90. The average Bonchev–Trinajstić information content (AvgIpc) is 2.39. The van der Waals surface area contributed by atoms with Crippen LogP contribution in [0.5, 0.6) is 0 Å². The van der Waals surface area contributed by atoms with Crippen molar-refractivity contribution in [3.63, 3.8) is 0 Å². The van der Waals surface area contributed by atoms with E-state index in [0.717, 1.165) is 31.8 Å². The highest BCUT2D eigenvalue weighted by Gasteiger charge is 2.25. The molecule has 5 heteroatoms. The van der Waals surface area contributed by atoms with Crippen LogP contribution in [0.25, 0.3) is 0 Å². The van der Waals surface area contributed by atoms with Gasteiger partial charge in [0.2, 0.25) is 0 Å². The first-order chi connectivity index (χ1) is 8.59. The minimum absolute atomic E-state index is 0.0560. The van der Waals surface area contributed by atoms with Gasteiger partial charge in [0, 0.05) is 25.5 Å². The molecular weight excluding hydrogens is 230 g/mol. The molecule has 1 aromatic heterocycles. The Bertz CT molecular complexity index is 426. The van der Waals surface area contributed by atoms with E-state index in [1.807, 2.05) is 4.90 Å². The molecule has 1 fully saturated rings. The summed E-state index contributed by atoms with van der Waals surface area (Å²) in [5, 5.41) is 9.11. The van der Waals surface area contributed by atoms with Crippen molar-refractivity contribution in [2.45, 2.75) is 26.7 Å². The van der Waals surface area contributed by atoms with Crippen molar-refractivity contribution in [2.24, 2.45) is 11.8 Å². The number of nitrogens with zero attached hydrogens (tertiary/aromatic N) is 3. The third kappa shape index (κ3) is 2.60. The van der Waals surface area contributed by atoms with Crippen LogP contribution < -0.4 is 4.90 Å². The van der Waals surface area contributed by atoms with E-state index < -0.39 is 5.97 Å². The standard InChI is InChI=1S/C13H19N3O2/c1-9(2)10-3-7-16(8-4-10)12-11(13(17)18)14-5-6-15-12/h5-6,9-10H,3-4,7-8H2,1-2H3,(H,17,18). The summed E-state index contributed by atoms with van der Waals surface area (Å²) in [4.78, 5) is 21.2. The normalized spacial score (nSPS) is 17.2. The molecule has 0 atom stereocenters. The number of anilines is 1. The molecule has 0 aliphatic carbocycles. The number of piperidine rings is 1. The highest BCUT2D eigenvalue weighted by Crippen LogP contribution is 2.27. The number of carboxylic acid groups (broad SMARTS) is 1. The Labute approximate surface area is 107 Å². The summed E-state index contributed by atoms with van der Waals surface area (Å²) in [6.07, 6.45) is 5.16. The molecule has 18 heavy (non-hydrogen) atoms. The first-order valence-electron chi connectivity index (χ1n) is 6.39. The van der Waals surface area contributed by atoms with Crippen molar-refractivity contribution < 1.29 is 9.90 Å². The van der Waals surface area contributed by atoms with E-state index in [4.69, 9.17) is 5.11 Å². The fraction of sp³-hybridized carbons (Fsp3) is 0.615. The van der Waals surface area contributed by atoms with Gasteiger partial charge in [0.1, 0.15) is 0 Å². The van der Waals surface area contributed by atoms with Gasteiger partial charge in [-0.05, 0) is 24.7 Å². The summed E-state index contributed by atoms with van der Waals surface area (Å²) < 4.78 is 0. The second-order valence-electron chi connectivity index (χ2n) is 5.10. The predicted molar refractivity (Wildman–Crippen MR) is 68.8 cm³/mol. The van der Waals surface area contributed by atoms with Gasteiger partial charge in [-0.3, -0.25) is 0 Å². The number of carbonyl (C=O) groups is 1. The molecule has 2 heterocycles. The molecule has 98 valence electrons. The van der Waals surface area contributed by atoms with E-state index in [2.05, 4.69) is 23.8 Å². The van der Waals surface area contributed by atoms with E-state index in [0.29, 0.717) is 11.7 Å². The van der Waals surface area contributed by atoms with Crippen molar-refractivity contribution >= 4 is 11.8 Å². The summed E-state index contributed by atoms with van der Waals surface area (Å²) in [5.74, 6) is 0.912. The molecule has 0 saturated carbocycles. The first kappa shape index (κ1) is 12.8. The van der Waals surface area contributed by atoms with Crippen LogP contribution in [0.3, 0.4) is 0 Å². The predicted octanol–water partition coefficient (Wildman–Crippen LogP) is 2.05. The maximum absolute atomic E-state index is 11.1. The van der Waals surface area contributed by atoms with Crippen molar-refractivity contribution in [2.75, 3.05) is 18.0 Å². The highest BCUT2D eigenvalue weighted by atomic mass is 16.4. The lowest BCUT2D eigenvalue weighted by atomic mass is 9.87. The van der Waals surface area contributed by atoms with Gasteiger partial charge in [0.05, 0.1) is 0 Å². The second-order valence-corrected chi connectivity index (χ2v) is 5.10. The molecule has 0 spiro atoms. The molecule has 1 aliphatic heterocycles. The van der Waals surface area contributed by atoms with Gasteiger partial charge in [-0.25, -0.2) is 14.8 Å². The molecule has 0 unspecified atom stereocenters. The number of aromatic carboxylic acids is 1. The zero-order valence-electron chi connectivity index (χ0n) is 10.8. The Morgan fingerprint density at radius 1 is 1.33 bits per heavy atom. The monoisotopic (exact) mass is 249 g/mol. The minimum atomic E-state index is -1.01. The first-order valence-corrected chi connectivity index (χ1v) is 6.39. The van der Waals surface area contributed by atoms with Crippen LogP contribution in [-0.2, 0) is 0 Å². The summed E-state index contributed by atoms with van der Waals surface area (Å²) >= 11 is 0. The van der Waals surface area contributed by atoms with E-state index >= 15 is 0 Å². The van der Waals surface area contributed by atoms with Gasteiger partial charge in [-0.1, -0.05) is 13.8 Å². The van der Waals surface area contributed by atoms with Crippen LogP contribution in [0.1, 0.15) is 37.2 Å². The smallest absolute Gasteiger partial charge is 0.358 e. The van der Waals surface area contributed by atoms with Crippen LogP contribution in [0.4, 0.5) is 5.82 Å². The third-order valence-electron chi connectivity index (χ3n) is 3.66. The maximum atomic E-state index is 11.1. The van der Waals surface area contributed by atoms with Gasteiger partial charge in [0.15, 0.2) is 11.5 Å². The van der Waals surface area contributed by atoms with E-state index in [1.165, 1.54) is 6.20 Å². The summed E-state index contributed by atoms with van der Waals surface area (Å²) in [5.41, 5.74) is 0.0560.